The molecule has 2 amide bonds. The van der Waals surface area contributed by atoms with E-state index >= 15 is 0 Å². The van der Waals surface area contributed by atoms with Crippen molar-refractivity contribution in [3.05, 3.63) is 53.9 Å². The molecule has 7 nitrogen and oxygen atoms in total. The highest BCUT2D eigenvalue weighted by molar-refractivity contribution is 5.76. The third kappa shape index (κ3) is 3.67. The first-order valence-corrected chi connectivity index (χ1v) is 9.01. The summed E-state index contributed by atoms with van der Waals surface area (Å²) < 4.78 is 11.1. The minimum atomic E-state index is -0.259. The van der Waals surface area contributed by atoms with Crippen molar-refractivity contribution in [3.63, 3.8) is 0 Å². The van der Waals surface area contributed by atoms with Gasteiger partial charge in [-0.15, -0.1) is 0 Å². The van der Waals surface area contributed by atoms with Crippen LogP contribution in [-0.4, -0.2) is 29.2 Å². The number of hydrogen-bond acceptors (Lipinski definition) is 4. The standard InChI is InChI=1S/C20H22N4O3/c1-12(14-7-8-17-18(11-14)27-10-9-26-17)21-20(25)22-13(2)19-23-15-5-3-4-6-16(15)24-19/h3-8,11-13H,9-10H2,1-2H3,(H,23,24)(H2,21,22,25). The monoisotopic (exact) mass is 366 g/mol. The molecule has 7 heteroatoms. The molecule has 0 spiro atoms. The van der Waals surface area contributed by atoms with Crippen molar-refractivity contribution in [3.8, 4) is 11.5 Å². The van der Waals surface area contributed by atoms with Gasteiger partial charge in [-0.3, -0.25) is 0 Å². The lowest BCUT2D eigenvalue weighted by Crippen LogP contribution is -2.38. The fraction of sp³-hybridized carbons (Fsp3) is 0.300. The topological polar surface area (TPSA) is 88.3 Å². The smallest absolute Gasteiger partial charge is 0.315 e. The number of aromatic nitrogens is 2. The number of benzene rings is 2. The van der Waals surface area contributed by atoms with Gasteiger partial charge in [0.1, 0.15) is 19.0 Å². The molecule has 27 heavy (non-hydrogen) atoms. The Balaban J connectivity index is 1.39. The maximum absolute atomic E-state index is 12.4. The molecule has 140 valence electrons. The lowest BCUT2D eigenvalue weighted by atomic mass is 10.1. The molecule has 2 heterocycles. The van der Waals surface area contributed by atoms with Gasteiger partial charge in [0, 0.05) is 0 Å². The first kappa shape index (κ1) is 17.2. The van der Waals surface area contributed by atoms with Crippen LogP contribution in [0.4, 0.5) is 4.79 Å². The summed E-state index contributed by atoms with van der Waals surface area (Å²) >= 11 is 0. The van der Waals surface area contributed by atoms with Gasteiger partial charge in [-0.05, 0) is 43.7 Å². The number of nitrogens with zero attached hydrogens (tertiary/aromatic N) is 1. The number of imidazole rings is 1. The molecule has 2 unspecified atom stereocenters. The van der Waals surface area contributed by atoms with Crippen molar-refractivity contribution >= 4 is 17.1 Å². The lowest BCUT2D eigenvalue weighted by molar-refractivity contribution is 0.171. The molecule has 1 aliphatic heterocycles. The summed E-state index contributed by atoms with van der Waals surface area (Å²) in [5.74, 6) is 2.17. The van der Waals surface area contributed by atoms with Crippen LogP contribution in [-0.2, 0) is 0 Å². The van der Waals surface area contributed by atoms with E-state index in [0.29, 0.717) is 19.0 Å². The van der Waals surface area contributed by atoms with Gasteiger partial charge in [-0.2, -0.15) is 0 Å². The molecule has 0 radical (unpaired) electrons. The van der Waals surface area contributed by atoms with Gasteiger partial charge in [-0.1, -0.05) is 18.2 Å². The van der Waals surface area contributed by atoms with Crippen LogP contribution in [0.3, 0.4) is 0 Å². The Labute approximate surface area is 157 Å². The summed E-state index contributed by atoms with van der Waals surface area (Å²) in [6, 6.07) is 12.8. The average Bonchev–Trinajstić information content (AvgIpc) is 3.12. The summed E-state index contributed by atoms with van der Waals surface area (Å²) in [5.41, 5.74) is 2.78. The number of fused-ring (bicyclic) bond motifs is 2. The Bertz CT molecular complexity index is 936. The van der Waals surface area contributed by atoms with E-state index in [1.165, 1.54) is 0 Å². The van der Waals surface area contributed by atoms with Crippen molar-refractivity contribution in [2.24, 2.45) is 0 Å². The molecule has 3 N–H and O–H groups in total. The van der Waals surface area contributed by atoms with Crippen LogP contribution >= 0.6 is 0 Å². The number of hydrogen-bond donors (Lipinski definition) is 3. The summed E-state index contributed by atoms with van der Waals surface area (Å²) in [6.07, 6.45) is 0. The number of nitrogens with one attached hydrogen (secondary N) is 3. The molecular weight excluding hydrogens is 344 g/mol. The first-order chi connectivity index (χ1) is 13.1. The number of carbonyl (C=O) groups excluding carboxylic acids is 1. The fourth-order valence-corrected chi connectivity index (χ4v) is 3.09. The van der Waals surface area contributed by atoms with Crippen LogP contribution in [0.1, 0.15) is 37.3 Å². The third-order valence-electron chi connectivity index (χ3n) is 4.58. The minimum Gasteiger partial charge on any atom is -0.486 e. The molecule has 4 rings (SSSR count). The highest BCUT2D eigenvalue weighted by Gasteiger charge is 2.18. The molecule has 2 aromatic carbocycles. The van der Waals surface area contributed by atoms with Gasteiger partial charge in [-0.25, -0.2) is 9.78 Å². The van der Waals surface area contributed by atoms with Crippen molar-refractivity contribution in [2.45, 2.75) is 25.9 Å². The second-order valence-corrected chi connectivity index (χ2v) is 6.60. The molecule has 0 bridgehead atoms. The van der Waals surface area contributed by atoms with E-state index in [1.54, 1.807) is 0 Å². The molecule has 0 fully saturated rings. The van der Waals surface area contributed by atoms with Gasteiger partial charge in [0.2, 0.25) is 0 Å². The van der Waals surface area contributed by atoms with Crippen molar-refractivity contribution in [2.75, 3.05) is 13.2 Å². The molecule has 1 aromatic heterocycles. The van der Waals surface area contributed by atoms with Crippen LogP contribution < -0.4 is 20.1 Å². The van der Waals surface area contributed by atoms with Crippen LogP contribution in [0, 0.1) is 0 Å². The van der Waals surface area contributed by atoms with Gasteiger partial charge < -0.3 is 25.1 Å². The predicted molar refractivity (Wildman–Crippen MR) is 102 cm³/mol. The number of amides is 2. The zero-order valence-corrected chi connectivity index (χ0v) is 15.3. The molecule has 0 saturated carbocycles. The molecule has 2 atom stereocenters. The van der Waals surface area contributed by atoms with Gasteiger partial charge in [0.05, 0.1) is 23.1 Å². The minimum absolute atomic E-state index is 0.177. The summed E-state index contributed by atoms with van der Waals surface area (Å²) in [7, 11) is 0. The first-order valence-electron chi connectivity index (χ1n) is 9.01. The Morgan fingerprint density at radius 3 is 2.59 bits per heavy atom. The quantitative estimate of drug-likeness (QED) is 0.660. The highest BCUT2D eigenvalue weighted by atomic mass is 16.6. The number of para-hydroxylation sites is 2. The Kier molecular flexibility index (Phi) is 4.58. The Morgan fingerprint density at radius 2 is 1.78 bits per heavy atom. The molecule has 0 saturated heterocycles. The third-order valence-corrected chi connectivity index (χ3v) is 4.58. The number of carbonyl (C=O) groups is 1. The van der Waals surface area contributed by atoms with E-state index in [9.17, 15) is 4.79 Å². The maximum atomic E-state index is 12.4. The molecule has 0 aliphatic carbocycles. The van der Waals surface area contributed by atoms with Gasteiger partial charge in [0.25, 0.3) is 0 Å². The van der Waals surface area contributed by atoms with Gasteiger partial charge in [0.15, 0.2) is 11.5 Å². The van der Waals surface area contributed by atoms with E-state index in [1.807, 2.05) is 56.3 Å². The number of ether oxygens (including phenoxy) is 2. The number of rotatable bonds is 4. The SMILES string of the molecule is CC(NC(=O)NC(C)c1nc2ccccc2[nH]1)c1ccc2c(c1)OCCO2. The van der Waals surface area contributed by atoms with E-state index in [2.05, 4.69) is 20.6 Å². The van der Waals surface area contributed by atoms with E-state index < -0.39 is 0 Å². The second-order valence-electron chi connectivity index (χ2n) is 6.60. The van der Waals surface area contributed by atoms with Crippen molar-refractivity contribution in [1.82, 2.24) is 20.6 Å². The fourth-order valence-electron chi connectivity index (χ4n) is 3.09. The van der Waals surface area contributed by atoms with Crippen molar-refractivity contribution in [1.29, 1.82) is 0 Å². The normalized spacial score (nSPS) is 15.2. The lowest BCUT2D eigenvalue weighted by Gasteiger charge is -2.21. The van der Waals surface area contributed by atoms with E-state index in [-0.39, 0.29) is 18.1 Å². The van der Waals surface area contributed by atoms with Crippen LogP contribution in [0.25, 0.3) is 11.0 Å². The molecular formula is C20H22N4O3. The van der Waals surface area contributed by atoms with Crippen LogP contribution in [0.15, 0.2) is 42.5 Å². The second kappa shape index (κ2) is 7.19. The van der Waals surface area contributed by atoms with E-state index in [0.717, 1.165) is 28.2 Å². The highest BCUT2D eigenvalue weighted by Crippen LogP contribution is 2.32. The Morgan fingerprint density at radius 1 is 1.04 bits per heavy atom. The maximum Gasteiger partial charge on any atom is 0.315 e. The largest absolute Gasteiger partial charge is 0.486 e. The zero-order valence-electron chi connectivity index (χ0n) is 15.3. The number of urea groups is 1. The molecule has 1 aliphatic rings. The van der Waals surface area contributed by atoms with Crippen LogP contribution in [0.2, 0.25) is 0 Å². The summed E-state index contributed by atoms with van der Waals surface area (Å²) in [6.45, 7) is 4.92. The Hall–Kier alpha value is -3.22. The summed E-state index contributed by atoms with van der Waals surface area (Å²) in [5, 5.41) is 5.87. The molecule has 3 aromatic rings. The predicted octanol–water partition coefficient (Wildman–Crippen LogP) is 3.46. The summed E-state index contributed by atoms with van der Waals surface area (Å²) in [4.78, 5) is 20.2. The average molecular weight is 366 g/mol. The van der Waals surface area contributed by atoms with E-state index in [4.69, 9.17) is 9.47 Å². The number of aromatic amines is 1. The number of H-pyrrole nitrogens is 1. The van der Waals surface area contributed by atoms with Crippen molar-refractivity contribution < 1.29 is 14.3 Å². The van der Waals surface area contributed by atoms with Gasteiger partial charge >= 0.3 is 6.03 Å². The van der Waals surface area contributed by atoms with Crippen LogP contribution in [0.5, 0.6) is 11.5 Å². The zero-order chi connectivity index (χ0) is 18.8.